The van der Waals surface area contributed by atoms with Crippen molar-refractivity contribution in [3.05, 3.63) is 63.7 Å². The highest BCUT2D eigenvalue weighted by Gasteiger charge is 2.22. The van der Waals surface area contributed by atoms with Crippen molar-refractivity contribution >= 4 is 5.69 Å². The highest BCUT2D eigenvalue weighted by atomic mass is 16.6. The topological polar surface area (TPSA) is 52.4 Å². The number of benzene rings is 2. The van der Waals surface area contributed by atoms with Crippen LogP contribution >= 0.6 is 0 Å². The molecule has 2 aromatic rings. The molecule has 0 spiro atoms. The van der Waals surface area contributed by atoms with Crippen molar-refractivity contribution in [2.75, 3.05) is 0 Å². The molecule has 30 heavy (non-hydrogen) atoms. The fourth-order valence-corrected chi connectivity index (χ4v) is 4.61. The number of hydrogen-bond acceptors (Lipinski definition) is 3. The normalized spacial score (nSPS) is 18.9. The van der Waals surface area contributed by atoms with Gasteiger partial charge in [0.2, 0.25) is 5.75 Å². The van der Waals surface area contributed by atoms with Crippen molar-refractivity contribution in [2.24, 2.45) is 5.92 Å². The van der Waals surface area contributed by atoms with Crippen molar-refractivity contribution in [1.29, 1.82) is 0 Å². The SMILES string of the molecule is CCCCCCCC1CCC(c2ccc(Oc3ccc(C)cc3[N+](=O)[O-])cc2)CC1. The largest absolute Gasteiger partial charge is 0.450 e. The van der Waals surface area contributed by atoms with Crippen LogP contribution in [-0.2, 0) is 0 Å². The van der Waals surface area contributed by atoms with Crippen LogP contribution in [0.3, 0.4) is 0 Å². The molecule has 3 rings (SSSR count). The summed E-state index contributed by atoms with van der Waals surface area (Å²) < 4.78 is 5.82. The van der Waals surface area contributed by atoms with Gasteiger partial charge >= 0.3 is 5.69 Å². The van der Waals surface area contributed by atoms with E-state index in [1.54, 1.807) is 12.1 Å². The fraction of sp³-hybridized carbons (Fsp3) is 0.538. The minimum atomic E-state index is -0.390. The molecule has 1 aliphatic carbocycles. The Bertz CT molecular complexity index is 808. The molecule has 0 saturated heterocycles. The van der Waals surface area contributed by atoms with E-state index in [0.29, 0.717) is 11.7 Å². The van der Waals surface area contributed by atoms with Crippen molar-refractivity contribution in [3.8, 4) is 11.5 Å². The summed E-state index contributed by atoms with van der Waals surface area (Å²) in [5, 5.41) is 11.3. The van der Waals surface area contributed by atoms with E-state index in [1.807, 2.05) is 25.1 Å². The predicted molar refractivity (Wildman–Crippen MR) is 122 cm³/mol. The molecule has 1 saturated carbocycles. The van der Waals surface area contributed by atoms with E-state index in [9.17, 15) is 10.1 Å². The molecule has 0 aliphatic heterocycles. The van der Waals surface area contributed by atoms with Crippen molar-refractivity contribution < 1.29 is 9.66 Å². The Kier molecular flexibility index (Phi) is 8.30. The number of nitro benzene ring substituents is 1. The van der Waals surface area contributed by atoms with E-state index >= 15 is 0 Å². The van der Waals surface area contributed by atoms with Crippen molar-refractivity contribution in [2.45, 2.75) is 84.0 Å². The average molecular weight is 410 g/mol. The maximum absolute atomic E-state index is 11.3. The van der Waals surface area contributed by atoms with Crippen LogP contribution in [0.1, 0.15) is 88.2 Å². The van der Waals surface area contributed by atoms with Gasteiger partial charge in [-0.2, -0.15) is 0 Å². The Balaban J connectivity index is 1.50. The lowest BCUT2D eigenvalue weighted by Gasteiger charge is -2.29. The Morgan fingerprint density at radius 3 is 2.33 bits per heavy atom. The second-order valence-corrected chi connectivity index (χ2v) is 8.82. The highest BCUT2D eigenvalue weighted by molar-refractivity contribution is 5.50. The number of aryl methyl sites for hydroxylation is 1. The van der Waals surface area contributed by atoms with Crippen LogP contribution in [0.25, 0.3) is 0 Å². The summed E-state index contributed by atoms with van der Waals surface area (Å²) in [6, 6.07) is 13.2. The zero-order valence-electron chi connectivity index (χ0n) is 18.4. The van der Waals surface area contributed by atoms with E-state index in [4.69, 9.17) is 4.74 Å². The third-order valence-electron chi connectivity index (χ3n) is 6.45. The number of nitrogens with zero attached hydrogens (tertiary/aromatic N) is 1. The Morgan fingerprint density at radius 2 is 1.67 bits per heavy atom. The molecule has 0 amide bonds. The molecular weight excluding hydrogens is 374 g/mol. The van der Waals surface area contributed by atoms with Gasteiger partial charge in [0.25, 0.3) is 0 Å². The highest BCUT2D eigenvalue weighted by Crippen LogP contribution is 2.39. The monoisotopic (exact) mass is 409 g/mol. The van der Waals surface area contributed by atoms with E-state index in [0.717, 1.165) is 11.5 Å². The summed E-state index contributed by atoms with van der Waals surface area (Å²) in [6.07, 6.45) is 13.5. The van der Waals surface area contributed by atoms with Crippen molar-refractivity contribution in [3.63, 3.8) is 0 Å². The van der Waals surface area contributed by atoms with Crippen LogP contribution in [0, 0.1) is 23.0 Å². The number of ether oxygens (including phenoxy) is 1. The molecule has 0 atom stereocenters. The minimum Gasteiger partial charge on any atom is -0.450 e. The summed E-state index contributed by atoms with van der Waals surface area (Å²) in [7, 11) is 0. The van der Waals surface area contributed by atoms with Crippen LogP contribution in [0.2, 0.25) is 0 Å². The van der Waals surface area contributed by atoms with E-state index in [2.05, 4.69) is 19.1 Å². The van der Waals surface area contributed by atoms with Gasteiger partial charge in [0, 0.05) is 6.07 Å². The second kappa shape index (κ2) is 11.1. The smallest absolute Gasteiger partial charge is 0.311 e. The van der Waals surface area contributed by atoms with Crippen LogP contribution in [0.5, 0.6) is 11.5 Å². The Labute approximate surface area is 180 Å². The molecule has 0 unspecified atom stereocenters. The van der Waals surface area contributed by atoms with Crippen LogP contribution in [0.4, 0.5) is 5.69 Å². The summed E-state index contributed by atoms with van der Waals surface area (Å²) in [6.45, 7) is 4.11. The number of rotatable bonds is 10. The quantitative estimate of drug-likeness (QED) is 0.225. The lowest BCUT2D eigenvalue weighted by molar-refractivity contribution is -0.385. The van der Waals surface area contributed by atoms with Crippen LogP contribution < -0.4 is 4.74 Å². The van der Waals surface area contributed by atoms with Gasteiger partial charge in [0.05, 0.1) is 4.92 Å². The van der Waals surface area contributed by atoms with Gasteiger partial charge in [0.15, 0.2) is 0 Å². The standard InChI is InChI=1S/C26H35NO3/c1-3-4-5-6-7-8-21-10-12-22(13-11-21)23-14-16-24(17-15-23)30-26-18-9-20(2)19-25(26)27(28)29/h9,14-19,21-22H,3-8,10-13H2,1-2H3. The Hall–Kier alpha value is -2.36. The number of nitro groups is 1. The lowest BCUT2D eigenvalue weighted by atomic mass is 9.77. The maximum atomic E-state index is 11.3. The Morgan fingerprint density at radius 1 is 0.967 bits per heavy atom. The van der Waals surface area contributed by atoms with Gasteiger partial charge in [-0.05, 0) is 73.8 Å². The van der Waals surface area contributed by atoms with Gasteiger partial charge in [-0.1, -0.05) is 63.6 Å². The zero-order valence-corrected chi connectivity index (χ0v) is 18.4. The first kappa shape index (κ1) is 22.3. The molecule has 1 fully saturated rings. The maximum Gasteiger partial charge on any atom is 0.311 e. The zero-order chi connectivity index (χ0) is 21.3. The molecule has 4 nitrogen and oxygen atoms in total. The van der Waals surface area contributed by atoms with Crippen LogP contribution in [0.15, 0.2) is 42.5 Å². The number of hydrogen-bond donors (Lipinski definition) is 0. The lowest BCUT2D eigenvalue weighted by Crippen LogP contribution is -2.13. The molecule has 0 heterocycles. The molecule has 0 aromatic heterocycles. The molecule has 0 bridgehead atoms. The van der Waals surface area contributed by atoms with Crippen molar-refractivity contribution in [1.82, 2.24) is 0 Å². The minimum absolute atomic E-state index is 0.00657. The van der Waals surface area contributed by atoms with Gasteiger partial charge in [-0.3, -0.25) is 10.1 Å². The van der Waals surface area contributed by atoms with Gasteiger partial charge in [0.1, 0.15) is 5.75 Å². The number of unbranched alkanes of at least 4 members (excludes halogenated alkanes) is 4. The fourth-order valence-electron chi connectivity index (χ4n) is 4.61. The molecule has 0 N–H and O–H groups in total. The first-order valence-corrected chi connectivity index (χ1v) is 11.6. The molecule has 4 heteroatoms. The third kappa shape index (κ3) is 6.32. The molecule has 162 valence electrons. The first-order valence-electron chi connectivity index (χ1n) is 11.6. The van der Waals surface area contributed by atoms with Crippen LogP contribution in [-0.4, -0.2) is 4.92 Å². The summed E-state index contributed by atoms with van der Waals surface area (Å²) in [5.41, 5.74) is 2.22. The molecular formula is C26H35NO3. The molecule has 1 aliphatic rings. The summed E-state index contributed by atoms with van der Waals surface area (Å²) in [5.74, 6) is 2.47. The average Bonchev–Trinajstić information content (AvgIpc) is 2.76. The summed E-state index contributed by atoms with van der Waals surface area (Å²) >= 11 is 0. The molecule has 0 radical (unpaired) electrons. The van der Waals surface area contributed by atoms with E-state index in [-0.39, 0.29) is 16.4 Å². The first-order chi connectivity index (χ1) is 14.6. The van der Waals surface area contributed by atoms with E-state index < -0.39 is 0 Å². The molecule has 2 aromatic carbocycles. The summed E-state index contributed by atoms with van der Waals surface area (Å²) in [4.78, 5) is 10.9. The van der Waals surface area contributed by atoms with Gasteiger partial charge in [-0.25, -0.2) is 0 Å². The van der Waals surface area contributed by atoms with Gasteiger partial charge in [-0.15, -0.1) is 0 Å². The van der Waals surface area contributed by atoms with Gasteiger partial charge < -0.3 is 4.74 Å². The predicted octanol–water partition coefficient (Wildman–Crippen LogP) is 8.33. The third-order valence-corrected chi connectivity index (χ3v) is 6.45. The second-order valence-electron chi connectivity index (χ2n) is 8.82. The van der Waals surface area contributed by atoms with E-state index in [1.165, 1.54) is 69.8 Å².